The van der Waals surface area contributed by atoms with Crippen LogP contribution in [-0.2, 0) is 0 Å². The monoisotopic (exact) mass is 177 g/mol. The summed E-state index contributed by atoms with van der Waals surface area (Å²) >= 11 is 0. The number of aromatic nitrogens is 1. The molecule has 70 valence electrons. The number of pyridine rings is 1. The molecule has 0 N–H and O–H groups in total. The smallest absolute Gasteiger partial charge is 0.181 e. The fourth-order valence-corrected chi connectivity index (χ4v) is 1.09. The first kappa shape index (κ1) is 9.90. The maximum absolute atomic E-state index is 11.6. The number of hydrogen-bond acceptors (Lipinski definition) is 2. The molecule has 1 atom stereocenters. The standard InChI is InChI=1S/C11H15NO/c1-3-9(2)8-11(13)10-6-4-5-7-12-10/h4-7,9H,3,8H2,1-2H3/t9-/m0/s1. The van der Waals surface area contributed by atoms with Crippen molar-refractivity contribution in [2.24, 2.45) is 5.92 Å². The van der Waals surface area contributed by atoms with Gasteiger partial charge in [0.25, 0.3) is 0 Å². The molecule has 0 saturated carbocycles. The highest BCUT2D eigenvalue weighted by Crippen LogP contribution is 2.10. The minimum atomic E-state index is 0.148. The summed E-state index contributed by atoms with van der Waals surface area (Å²) in [4.78, 5) is 15.6. The summed E-state index contributed by atoms with van der Waals surface area (Å²) in [5, 5.41) is 0. The van der Waals surface area contributed by atoms with Gasteiger partial charge < -0.3 is 0 Å². The zero-order valence-corrected chi connectivity index (χ0v) is 8.16. The molecular weight excluding hydrogens is 162 g/mol. The van der Waals surface area contributed by atoms with E-state index < -0.39 is 0 Å². The van der Waals surface area contributed by atoms with Gasteiger partial charge in [0.15, 0.2) is 5.78 Å². The lowest BCUT2D eigenvalue weighted by atomic mass is 10.0. The van der Waals surface area contributed by atoms with Crippen LogP contribution in [0.3, 0.4) is 0 Å². The van der Waals surface area contributed by atoms with E-state index >= 15 is 0 Å². The number of carbonyl (C=O) groups excluding carboxylic acids is 1. The van der Waals surface area contributed by atoms with Gasteiger partial charge in [-0.1, -0.05) is 26.3 Å². The highest BCUT2D eigenvalue weighted by atomic mass is 16.1. The van der Waals surface area contributed by atoms with Gasteiger partial charge in [-0.25, -0.2) is 0 Å². The van der Waals surface area contributed by atoms with Crippen molar-refractivity contribution < 1.29 is 4.79 Å². The van der Waals surface area contributed by atoms with E-state index in [1.54, 1.807) is 12.3 Å². The van der Waals surface area contributed by atoms with E-state index in [1.807, 2.05) is 12.1 Å². The van der Waals surface area contributed by atoms with Crippen LogP contribution in [0.5, 0.6) is 0 Å². The third-order valence-corrected chi connectivity index (χ3v) is 2.18. The SMILES string of the molecule is CC[C@H](C)CC(=O)c1ccccn1. The third-order valence-electron chi connectivity index (χ3n) is 2.18. The van der Waals surface area contributed by atoms with E-state index in [4.69, 9.17) is 0 Å². The van der Waals surface area contributed by atoms with Gasteiger partial charge in [0.2, 0.25) is 0 Å². The fraction of sp³-hybridized carbons (Fsp3) is 0.455. The Bertz CT molecular complexity index is 269. The molecule has 0 fully saturated rings. The van der Waals surface area contributed by atoms with Gasteiger partial charge in [0.1, 0.15) is 5.69 Å². The lowest BCUT2D eigenvalue weighted by Crippen LogP contribution is -2.06. The van der Waals surface area contributed by atoms with Gasteiger partial charge in [-0.15, -0.1) is 0 Å². The van der Waals surface area contributed by atoms with Crippen LogP contribution in [0.2, 0.25) is 0 Å². The molecule has 0 unspecified atom stereocenters. The van der Waals surface area contributed by atoms with Crippen molar-refractivity contribution in [2.45, 2.75) is 26.7 Å². The molecule has 2 nitrogen and oxygen atoms in total. The highest BCUT2D eigenvalue weighted by Gasteiger charge is 2.09. The van der Waals surface area contributed by atoms with E-state index in [-0.39, 0.29) is 5.78 Å². The molecule has 1 aromatic heterocycles. The zero-order valence-electron chi connectivity index (χ0n) is 8.16. The second-order valence-electron chi connectivity index (χ2n) is 3.36. The van der Waals surface area contributed by atoms with E-state index in [0.29, 0.717) is 18.0 Å². The van der Waals surface area contributed by atoms with Crippen molar-refractivity contribution in [2.75, 3.05) is 0 Å². The number of hydrogen-bond donors (Lipinski definition) is 0. The molecule has 1 rings (SSSR count). The molecule has 0 aromatic carbocycles. The van der Waals surface area contributed by atoms with Crippen molar-refractivity contribution in [1.82, 2.24) is 4.98 Å². The maximum Gasteiger partial charge on any atom is 0.181 e. The third kappa shape index (κ3) is 2.98. The number of nitrogens with zero attached hydrogens (tertiary/aromatic N) is 1. The van der Waals surface area contributed by atoms with Crippen molar-refractivity contribution in [3.8, 4) is 0 Å². The molecule has 0 aliphatic carbocycles. The molecular formula is C11H15NO. The molecule has 1 heterocycles. The van der Waals surface area contributed by atoms with Crippen molar-refractivity contribution >= 4 is 5.78 Å². The summed E-state index contributed by atoms with van der Waals surface area (Å²) in [7, 11) is 0. The highest BCUT2D eigenvalue weighted by molar-refractivity contribution is 5.94. The average molecular weight is 177 g/mol. The van der Waals surface area contributed by atoms with Gasteiger partial charge in [-0.05, 0) is 18.1 Å². The second-order valence-corrected chi connectivity index (χ2v) is 3.36. The Morgan fingerprint density at radius 2 is 2.31 bits per heavy atom. The van der Waals surface area contributed by atoms with Crippen molar-refractivity contribution in [1.29, 1.82) is 0 Å². The minimum absolute atomic E-state index is 0.148. The molecule has 1 aromatic rings. The topological polar surface area (TPSA) is 30.0 Å². The van der Waals surface area contributed by atoms with E-state index in [1.165, 1.54) is 0 Å². The Kier molecular flexibility index (Phi) is 3.62. The number of ketones is 1. The molecule has 0 bridgehead atoms. The fourth-order valence-electron chi connectivity index (χ4n) is 1.09. The first-order valence-corrected chi connectivity index (χ1v) is 4.68. The van der Waals surface area contributed by atoms with Gasteiger partial charge in [0, 0.05) is 12.6 Å². The summed E-state index contributed by atoms with van der Waals surface area (Å²) in [5.74, 6) is 0.601. The normalized spacial score (nSPS) is 12.5. The van der Waals surface area contributed by atoms with Crippen molar-refractivity contribution in [3.05, 3.63) is 30.1 Å². The molecule has 0 radical (unpaired) electrons. The van der Waals surface area contributed by atoms with Gasteiger partial charge in [0.05, 0.1) is 0 Å². The molecule has 0 spiro atoms. The quantitative estimate of drug-likeness (QED) is 0.662. The van der Waals surface area contributed by atoms with Crippen LogP contribution < -0.4 is 0 Å². The summed E-state index contributed by atoms with van der Waals surface area (Å²) < 4.78 is 0. The summed E-state index contributed by atoms with van der Waals surface area (Å²) in [6.45, 7) is 4.18. The van der Waals surface area contributed by atoms with Gasteiger partial charge >= 0.3 is 0 Å². The number of Topliss-reactive ketones (excluding diaryl/α,β-unsaturated/α-hetero) is 1. The summed E-state index contributed by atoms with van der Waals surface area (Å²) in [5.41, 5.74) is 0.586. The Morgan fingerprint density at radius 1 is 1.54 bits per heavy atom. The van der Waals surface area contributed by atoms with E-state index in [0.717, 1.165) is 6.42 Å². The Labute approximate surface area is 79.0 Å². The predicted molar refractivity (Wildman–Crippen MR) is 52.6 cm³/mol. The van der Waals surface area contributed by atoms with Crippen LogP contribution in [0.4, 0.5) is 0 Å². The molecule has 0 saturated heterocycles. The predicted octanol–water partition coefficient (Wildman–Crippen LogP) is 2.70. The first-order chi connectivity index (χ1) is 6.24. The molecule has 0 aliphatic heterocycles. The van der Waals surface area contributed by atoms with Crippen molar-refractivity contribution in [3.63, 3.8) is 0 Å². The lowest BCUT2D eigenvalue weighted by Gasteiger charge is -2.05. The molecule has 2 heteroatoms. The Balaban J connectivity index is 2.59. The lowest BCUT2D eigenvalue weighted by molar-refractivity contribution is 0.0959. The largest absolute Gasteiger partial charge is 0.292 e. The Morgan fingerprint density at radius 3 is 2.85 bits per heavy atom. The van der Waals surface area contributed by atoms with Crippen LogP contribution >= 0.6 is 0 Å². The molecule has 0 aliphatic rings. The minimum Gasteiger partial charge on any atom is -0.292 e. The summed E-state index contributed by atoms with van der Waals surface area (Å²) in [6, 6.07) is 5.43. The average Bonchev–Trinajstić information content (AvgIpc) is 2.19. The second kappa shape index (κ2) is 4.75. The van der Waals surface area contributed by atoms with Gasteiger partial charge in [-0.2, -0.15) is 0 Å². The van der Waals surface area contributed by atoms with Crippen LogP contribution in [-0.4, -0.2) is 10.8 Å². The maximum atomic E-state index is 11.6. The number of carbonyl (C=O) groups is 1. The van der Waals surface area contributed by atoms with Crippen LogP contribution in [0.1, 0.15) is 37.2 Å². The van der Waals surface area contributed by atoms with E-state index in [9.17, 15) is 4.79 Å². The number of rotatable bonds is 4. The Hall–Kier alpha value is -1.18. The zero-order chi connectivity index (χ0) is 9.68. The summed E-state index contributed by atoms with van der Waals surface area (Å²) in [6.07, 6.45) is 3.30. The molecule has 13 heavy (non-hydrogen) atoms. The first-order valence-electron chi connectivity index (χ1n) is 4.68. The molecule has 0 amide bonds. The van der Waals surface area contributed by atoms with Crippen LogP contribution in [0.15, 0.2) is 24.4 Å². The van der Waals surface area contributed by atoms with E-state index in [2.05, 4.69) is 18.8 Å². The van der Waals surface area contributed by atoms with Crippen LogP contribution in [0.25, 0.3) is 0 Å². The van der Waals surface area contributed by atoms with Gasteiger partial charge in [-0.3, -0.25) is 9.78 Å². The van der Waals surface area contributed by atoms with Crippen LogP contribution in [0, 0.1) is 5.92 Å².